The summed E-state index contributed by atoms with van der Waals surface area (Å²) in [6.07, 6.45) is 0. The van der Waals surface area contributed by atoms with Crippen LogP contribution in [0.25, 0.3) is 0 Å². The van der Waals surface area contributed by atoms with E-state index in [-0.39, 0.29) is 24.0 Å². The largest absolute Gasteiger partial charge is 0.481 e. The molecule has 0 saturated carbocycles. The lowest BCUT2D eigenvalue weighted by Crippen LogP contribution is -2.35. The highest BCUT2D eigenvalue weighted by Gasteiger charge is 2.11. The van der Waals surface area contributed by atoms with E-state index in [4.69, 9.17) is 4.74 Å². The number of rotatable bonds is 3. The van der Waals surface area contributed by atoms with Crippen molar-refractivity contribution < 1.29 is 4.74 Å². The summed E-state index contributed by atoms with van der Waals surface area (Å²) >= 11 is 0. The topological polar surface area (TPSA) is 49.8 Å². The number of halogens is 1. The van der Waals surface area contributed by atoms with E-state index in [1.54, 1.807) is 7.11 Å². The number of likely N-dealkylation sites (N-methyl/N-ethyl adjacent to an activating group) is 1. The predicted molar refractivity (Wildman–Crippen MR) is 78.0 cm³/mol. The van der Waals surface area contributed by atoms with Crippen LogP contribution >= 0.6 is 24.0 Å². The standard InChI is InChI=1S/C11H16N4O.HI/c1-15-7-6-12-11(15)13-8-9-4-3-5-10(14-9)16-2;/h3-5H,6-8H2,1-2H3,(H,12,13);1H. The summed E-state index contributed by atoms with van der Waals surface area (Å²) in [4.78, 5) is 10.8. The van der Waals surface area contributed by atoms with Crippen LogP contribution in [0, 0.1) is 0 Å². The van der Waals surface area contributed by atoms with Crippen molar-refractivity contribution in [3.63, 3.8) is 0 Å². The van der Waals surface area contributed by atoms with Crippen LogP contribution in [0.4, 0.5) is 0 Å². The Kier molecular flexibility index (Phi) is 5.46. The van der Waals surface area contributed by atoms with E-state index in [0.717, 1.165) is 24.7 Å². The molecule has 0 fully saturated rings. The predicted octanol–water partition coefficient (Wildman–Crippen LogP) is 1.10. The highest BCUT2D eigenvalue weighted by atomic mass is 127. The molecule has 1 aliphatic heterocycles. The molecule has 0 radical (unpaired) electrons. The van der Waals surface area contributed by atoms with E-state index >= 15 is 0 Å². The van der Waals surface area contributed by atoms with Crippen LogP contribution in [0.5, 0.6) is 5.88 Å². The fourth-order valence-electron chi connectivity index (χ4n) is 1.56. The molecule has 1 N–H and O–H groups in total. The Morgan fingerprint density at radius 2 is 2.29 bits per heavy atom. The maximum absolute atomic E-state index is 5.07. The van der Waals surface area contributed by atoms with Crippen molar-refractivity contribution in [2.24, 2.45) is 4.99 Å². The number of aromatic nitrogens is 1. The van der Waals surface area contributed by atoms with Gasteiger partial charge < -0.3 is 15.0 Å². The van der Waals surface area contributed by atoms with Gasteiger partial charge in [0.15, 0.2) is 5.96 Å². The Morgan fingerprint density at radius 1 is 1.47 bits per heavy atom. The van der Waals surface area contributed by atoms with E-state index in [9.17, 15) is 0 Å². The summed E-state index contributed by atoms with van der Waals surface area (Å²) in [6, 6.07) is 5.73. The first kappa shape index (κ1) is 14.0. The molecule has 1 aromatic rings. The number of hydrogen-bond acceptors (Lipinski definition) is 5. The van der Waals surface area contributed by atoms with Crippen LogP contribution in [0.3, 0.4) is 0 Å². The SMILES string of the molecule is COc1cccc(CNC2=NCCN2C)n1.I. The van der Waals surface area contributed by atoms with Crippen molar-refractivity contribution >= 4 is 29.9 Å². The summed E-state index contributed by atoms with van der Waals surface area (Å²) in [5, 5.41) is 3.26. The molecule has 1 aliphatic rings. The third kappa shape index (κ3) is 3.72. The molecule has 94 valence electrons. The molecule has 0 saturated heterocycles. The molecule has 0 unspecified atom stereocenters. The summed E-state index contributed by atoms with van der Waals surface area (Å²) in [5.74, 6) is 1.57. The fourth-order valence-corrected chi connectivity index (χ4v) is 1.56. The number of guanidine groups is 1. The van der Waals surface area contributed by atoms with Crippen molar-refractivity contribution in [1.29, 1.82) is 0 Å². The fraction of sp³-hybridized carbons (Fsp3) is 0.455. The molecular formula is C11H17IN4O. The molecule has 1 aromatic heterocycles. The van der Waals surface area contributed by atoms with Gasteiger partial charge in [-0.2, -0.15) is 0 Å². The Bertz CT molecular complexity index is 397. The Labute approximate surface area is 118 Å². The van der Waals surface area contributed by atoms with E-state index < -0.39 is 0 Å². The van der Waals surface area contributed by atoms with Crippen LogP contribution in [0.2, 0.25) is 0 Å². The number of nitrogens with zero attached hydrogens (tertiary/aromatic N) is 3. The molecule has 2 heterocycles. The van der Waals surface area contributed by atoms with Gasteiger partial charge in [-0.1, -0.05) is 6.07 Å². The van der Waals surface area contributed by atoms with Crippen molar-refractivity contribution in [1.82, 2.24) is 15.2 Å². The van der Waals surface area contributed by atoms with Crippen LogP contribution in [0.15, 0.2) is 23.2 Å². The quantitative estimate of drug-likeness (QED) is 0.832. The highest BCUT2D eigenvalue weighted by molar-refractivity contribution is 14.0. The minimum absolute atomic E-state index is 0. The third-order valence-electron chi connectivity index (χ3n) is 2.48. The van der Waals surface area contributed by atoms with E-state index in [0.29, 0.717) is 12.4 Å². The van der Waals surface area contributed by atoms with Crippen LogP contribution in [0.1, 0.15) is 5.69 Å². The molecule has 6 heteroatoms. The zero-order chi connectivity index (χ0) is 11.4. The monoisotopic (exact) mass is 348 g/mol. The number of aliphatic imine (C=N–C) groups is 1. The second-order valence-electron chi connectivity index (χ2n) is 3.65. The lowest BCUT2D eigenvalue weighted by molar-refractivity contribution is 0.396. The van der Waals surface area contributed by atoms with Crippen LogP contribution in [-0.4, -0.2) is 43.1 Å². The van der Waals surface area contributed by atoms with Gasteiger partial charge in [0, 0.05) is 19.7 Å². The zero-order valence-corrected chi connectivity index (χ0v) is 12.3. The number of hydrogen-bond donors (Lipinski definition) is 1. The molecule has 0 aromatic carbocycles. The van der Waals surface area contributed by atoms with Gasteiger partial charge in [-0.05, 0) is 6.07 Å². The molecule has 2 rings (SSSR count). The lowest BCUT2D eigenvalue weighted by Gasteiger charge is -2.14. The van der Waals surface area contributed by atoms with Gasteiger partial charge in [-0.15, -0.1) is 24.0 Å². The normalized spacial score (nSPS) is 14.0. The molecule has 0 amide bonds. The average Bonchev–Trinajstić information content (AvgIpc) is 2.72. The third-order valence-corrected chi connectivity index (χ3v) is 2.48. The number of pyridine rings is 1. The average molecular weight is 348 g/mol. The number of nitrogens with one attached hydrogen (secondary N) is 1. The van der Waals surface area contributed by atoms with Crippen molar-refractivity contribution in [3.8, 4) is 5.88 Å². The molecule has 0 spiro atoms. The summed E-state index contributed by atoms with van der Waals surface area (Å²) in [6.45, 7) is 2.51. The molecular weight excluding hydrogens is 331 g/mol. The van der Waals surface area contributed by atoms with Gasteiger partial charge >= 0.3 is 0 Å². The molecule has 5 nitrogen and oxygen atoms in total. The van der Waals surface area contributed by atoms with Gasteiger partial charge in [-0.25, -0.2) is 4.98 Å². The first-order chi connectivity index (χ1) is 7.79. The first-order valence-corrected chi connectivity index (χ1v) is 5.29. The van der Waals surface area contributed by atoms with E-state index in [2.05, 4.69) is 20.2 Å². The van der Waals surface area contributed by atoms with Gasteiger partial charge in [0.05, 0.1) is 25.9 Å². The number of ether oxygens (including phenoxy) is 1. The molecule has 17 heavy (non-hydrogen) atoms. The van der Waals surface area contributed by atoms with Crippen molar-refractivity contribution in [3.05, 3.63) is 23.9 Å². The second kappa shape index (κ2) is 6.63. The van der Waals surface area contributed by atoms with Gasteiger partial charge in [0.1, 0.15) is 0 Å². The van der Waals surface area contributed by atoms with Crippen LogP contribution in [-0.2, 0) is 6.54 Å². The van der Waals surface area contributed by atoms with Gasteiger partial charge in [0.25, 0.3) is 0 Å². The Hall–Kier alpha value is -1.05. The van der Waals surface area contributed by atoms with Crippen molar-refractivity contribution in [2.75, 3.05) is 27.2 Å². The smallest absolute Gasteiger partial charge is 0.213 e. The number of methoxy groups -OCH3 is 1. The van der Waals surface area contributed by atoms with Crippen LogP contribution < -0.4 is 10.1 Å². The second-order valence-corrected chi connectivity index (χ2v) is 3.65. The van der Waals surface area contributed by atoms with Crippen molar-refractivity contribution in [2.45, 2.75) is 6.54 Å². The summed E-state index contributed by atoms with van der Waals surface area (Å²) in [5.41, 5.74) is 0.947. The van der Waals surface area contributed by atoms with E-state index in [1.807, 2.05) is 25.2 Å². The van der Waals surface area contributed by atoms with Gasteiger partial charge in [0.2, 0.25) is 5.88 Å². The minimum atomic E-state index is 0. The summed E-state index contributed by atoms with van der Waals surface area (Å²) < 4.78 is 5.07. The Morgan fingerprint density at radius 3 is 2.94 bits per heavy atom. The maximum Gasteiger partial charge on any atom is 0.213 e. The maximum atomic E-state index is 5.07. The van der Waals surface area contributed by atoms with Gasteiger partial charge in [-0.3, -0.25) is 4.99 Å². The molecule has 0 bridgehead atoms. The zero-order valence-electron chi connectivity index (χ0n) is 10.0. The van der Waals surface area contributed by atoms with E-state index in [1.165, 1.54) is 0 Å². The highest BCUT2D eigenvalue weighted by Crippen LogP contribution is 2.06. The first-order valence-electron chi connectivity index (χ1n) is 5.29. The summed E-state index contributed by atoms with van der Waals surface area (Å²) in [7, 11) is 3.65. The Balaban J connectivity index is 0.00000144. The lowest BCUT2D eigenvalue weighted by atomic mass is 10.3. The molecule has 0 atom stereocenters. The minimum Gasteiger partial charge on any atom is -0.481 e. The molecule has 0 aliphatic carbocycles.